The summed E-state index contributed by atoms with van der Waals surface area (Å²) in [6.07, 6.45) is 2.15. The van der Waals surface area contributed by atoms with E-state index in [9.17, 15) is 4.79 Å². The standard InChI is InChI=1S/C18H33NO4Si/c1-17(2,3)22-16(20)19-12-9-11(10-13(19)15-14(12)21-15)23-24(7,8)18(4,5)6/h11-15H,9-10H2,1-8H3. The summed E-state index contributed by atoms with van der Waals surface area (Å²) in [5.41, 5.74) is -0.462. The highest BCUT2D eigenvalue weighted by molar-refractivity contribution is 6.74. The predicted octanol–water partition coefficient (Wildman–Crippen LogP) is 3.93. The fourth-order valence-corrected chi connectivity index (χ4v) is 5.10. The highest BCUT2D eigenvalue weighted by Crippen LogP contribution is 2.50. The third-order valence-corrected chi connectivity index (χ3v) is 10.5. The Bertz CT molecular complexity index is 504. The topological polar surface area (TPSA) is 51.3 Å². The van der Waals surface area contributed by atoms with Crippen LogP contribution in [0.2, 0.25) is 18.1 Å². The monoisotopic (exact) mass is 355 g/mol. The summed E-state index contributed by atoms with van der Waals surface area (Å²) in [5, 5.41) is 0.202. The SMILES string of the molecule is CC(C)(C)OC(=O)N1C2CC(O[Si](C)(C)C(C)(C)C)CC1C1OC12. The highest BCUT2D eigenvalue weighted by atomic mass is 28.4. The molecule has 0 aliphatic carbocycles. The van der Waals surface area contributed by atoms with Crippen LogP contribution in [-0.2, 0) is 13.9 Å². The second-order valence-corrected chi connectivity index (χ2v) is 14.8. The van der Waals surface area contributed by atoms with Crippen molar-refractivity contribution in [2.45, 2.75) is 109 Å². The number of nitrogens with zero attached hydrogens (tertiary/aromatic N) is 1. The maximum atomic E-state index is 12.6. The molecule has 3 saturated heterocycles. The van der Waals surface area contributed by atoms with Gasteiger partial charge >= 0.3 is 6.09 Å². The largest absolute Gasteiger partial charge is 0.444 e. The zero-order chi connectivity index (χ0) is 18.1. The maximum absolute atomic E-state index is 12.6. The van der Waals surface area contributed by atoms with Crippen molar-refractivity contribution in [3.63, 3.8) is 0 Å². The lowest BCUT2D eigenvalue weighted by molar-refractivity contribution is -0.0339. The molecule has 138 valence electrons. The number of amides is 1. The molecule has 4 unspecified atom stereocenters. The van der Waals surface area contributed by atoms with Gasteiger partial charge in [0.25, 0.3) is 0 Å². The molecule has 2 bridgehead atoms. The van der Waals surface area contributed by atoms with Crippen LogP contribution in [0.15, 0.2) is 0 Å². The Balaban J connectivity index is 1.69. The molecule has 0 N–H and O–H groups in total. The van der Waals surface area contributed by atoms with Crippen molar-refractivity contribution >= 4 is 14.4 Å². The Labute approximate surface area is 147 Å². The molecule has 1 amide bonds. The lowest BCUT2D eigenvalue weighted by Crippen LogP contribution is -2.56. The molecule has 3 aliphatic rings. The average Bonchev–Trinajstić information content (AvgIpc) is 3.09. The van der Waals surface area contributed by atoms with Crippen LogP contribution in [0.5, 0.6) is 0 Å². The van der Waals surface area contributed by atoms with Gasteiger partial charge in [0, 0.05) is 6.10 Å². The summed E-state index contributed by atoms with van der Waals surface area (Å²) < 4.78 is 18.0. The molecule has 3 rings (SSSR count). The number of hydrogen-bond donors (Lipinski definition) is 0. The smallest absolute Gasteiger partial charge is 0.410 e. The molecule has 4 atom stereocenters. The third-order valence-electron chi connectivity index (χ3n) is 5.92. The number of rotatable bonds is 2. The van der Waals surface area contributed by atoms with E-state index in [4.69, 9.17) is 13.9 Å². The van der Waals surface area contributed by atoms with Crippen molar-refractivity contribution in [1.82, 2.24) is 4.90 Å². The summed E-state index contributed by atoms with van der Waals surface area (Å²) in [6.45, 7) is 17.1. The summed E-state index contributed by atoms with van der Waals surface area (Å²) in [4.78, 5) is 14.5. The van der Waals surface area contributed by atoms with Crippen LogP contribution in [0.4, 0.5) is 4.79 Å². The number of morpholine rings is 1. The minimum absolute atomic E-state index is 0.110. The summed E-state index contributed by atoms with van der Waals surface area (Å²) >= 11 is 0. The quantitative estimate of drug-likeness (QED) is 0.556. The molecule has 24 heavy (non-hydrogen) atoms. The second-order valence-electron chi connectivity index (χ2n) is 10.1. The van der Waals surface area contributed by atoms with Crippen LogP contribution in [-0.4, -0.2) is 55.3 Å². The fraction of sp³-hybridized carbons (Fsp3) is 0.944. The van der Waals surface area contributed by atoms with Gasteiger partial charge in [-0.05, 0) is 51.7 Å². The minimum Gasteiger partial charge on any atom is -0.444 e. The Morgan fingerprint density at radius 2 is 1.54 bits per heavy atom. The molecule has 0 radical (unpaired) electrons. The number of hydrogen-bond acceptors (Lipinski definition) is 4. The van der Waals surface area contributed by atoms with Gasteiger partial charge in [0.05, 0.1) is 12.1 Å². The van der Waals surface area contributed by atoms with Gasteiger partial charge in [0.2, 0.25) is 0 Å². The van der Waals surface area contributed by atoms with Gasteiger partial charge in [-0.1, -0.05) is 20.8 Å². The zero-order valence-corrected chi connectivity index (χ0v) is 17.4. The van der Waals surface area contributed by atoms with Crippen molar-refractivity contribution in [2.24, 2.45) is 0 Å². The van der Waals surface area contributed by atoms with E-state index in [1.54, 1.807) is 0 Å². The second kappa shape index (κ2) is 5.45. The van der Waals surface area contributed by atoms with Gasteiger partial charge in [0.15, 0.2) is 8.32 Å². The van der Waals surface area contributed by atoms with Crippen LogP contribution in [0.3, 0.4) is 0 Å². The van der Waals surface area contributed by atoms with E-state index in [0.717, 1.165) is 12.8 Å². The van der Waals surface area contributed by atoms with Crippen LogP contribution >= 0.6 is 0 Å². The van der Waals surface area contributed by atoms with E-state index < -0.39 is 13.9 Å². The fourth-order valence-electron chi connectivity index (χ4n) is 3.72. The lowest BCUT2D eigenvalue weighted by atomic mass is 9.99. The van der Waals surface area contributed by atoms with Crippen LogP contribution in [0.1, 0.15) is 54.4 Å². The first kappa shape index (κ1) is 18.2. The van der Waals surface area contributed by atoms with E-state index in [0.29, 0.717) is 0 Å². The Morgan fingerprint density at radius 3 is 1.96 bits per heavy atom. The lowest BCUT2D eigenvalue weighted by Gasteiger charge is -2.45. The minimum atomic E-state index is -1.79. The summed E-state index contributed by atoms with van der Waals surface area (Å²) in [7, 11) is -1.79. The van der Waals surface area contributed by atoms with Crippen molar-refractivity contribution in [1.29, 1.82) is 0 Å². The normalized spacial score (nSPS) is 35.7. The molecule has 0 aromatic rings. The molecule has 0 aromatic carbocycles. The summed E-state index contributed by atoms with van der Waals surface area (Å²) in [6, 6.07) is 0.219. The Hall–Kier alpha value is -0.593. The van der Waals surface area contributed by atoms with E-state index in [-0.39, 0.29) is 41.5 Å². The van der Waals surface area contributed by atoms with Gasteiger partial charge in [0.1, 0.15) is 17.8 Å². The number of ether oxygens (including phenoxy) is 2. The first-order chi connectivity index (χ1) is 10.8. The van der Waals surface area contributed by atoms with Crippen molar-refractivity contribution in [3.8, 4) is 0 Å². The van der Waals surface area contributed by atoms with Crippen molar-refractivity contribution in [2.75, 3.05) is 0 Å². The van der Waals surface area contributed by atoms with Crippen LogP contribution in [0, 0.1) is 0 Å². The van der Waals surface area contributed by atoms with Crippen molar-refractivity contribution < 1.29 is 18.7 Å². The molecular weight excluding hydrogens is 322 g/mol. The molecule has 6 heteroatoms. The third kappa shape index (κ3) is 3.25. The zero-order valence-electron chi connectivity index (χ0n) is 16.4. The number of carbonyl (C=O) groups is 1. The Morgan fingerprint density at radius 1 is 1.04 bits per heavy atom. The number of epoxide rings is 1. The first-order valence-electron chi connectivity index (χ1n) is 9.15. The van der Waals surface area contributed by atoms with E-state index in [1.165, 1.54) is 0 Å². The van der Waals surface area contributed by atoms with Crippen LogP contribution in [0.25, 0.3) is 0 Å². The highest BCUT2D eigenvalue weighted by Gasteiger charge is 2.66. The van der Waals surface area contributed by atoms with E-state index in [2.05, 4.69) is 33.9 Å². The molecule has 0 aromatic heterocycles. The molecule has 3 fully saturated rings. The Kier molecular flexibility index (Phi) is 4.13. The predicted molar refractivity (Wildman–Crippen MR) is 95.6 cm³/mol. The number of carbonyl (C=O) groups excluding carboxylic acids is 1. The average molecular weight is 356 g/mol. The molecule has 3 aliphatic heterocycles. The molecular formula is C18H33NO4Si. The van der Waals surface area contributed by atoms with E-state index in [1.807, 2.05) is 25.7 Å². The van der Waals surface area contributed by atoms with Crippen molar-refractivity contribution in [3.05, 3.63) is 0 Å². The molecule has 3 heterocycles. The number of piperidine rings is 1. The molecule has 5 nitrogen and oxygen atoms in total. The maximum Gasteiger partial charge on any atom is 0.410 e. The van der Waals surface area contributed by atoms with Gasteiger partial charge < -0.3 is 13.9 Å². The van der Waals surface area contributed by atoms with Gasteiger partial charge in [-0.15, -0.1) is 0 Å². The first-order valence-corrected chi connectivity index (χ1v) is 12.1. The summed E-state index contributed by atoms with van der Waals surface area (Å²) in [5.74, 6) is 0. The van der Waals surface area contributed by atoms with Gasteiger partial charge in [-0.3, -0.25) is 4.90 Å². The van der Waals surface area contributed by atoms with Gasteiger partial charge in [-0.25, -0.2) is 4.79 Å². The van der Waals surface area contributed by atoms with E-state index >= 15 is 0 Å². The number of fused-ring (bicyclic) bond motifs is 5. The molecule has 0 saturated carbocycles. The van der Waals surface area contributed by atoms with Gasteiger partial charge in [-0.2, -0.15) is 0 Å². The van der Waals surface area contributed by atoms with Crippen LogP contribution < -0.4 is 0 Å². The molecule has 0 spiro atoms.